The number of amides is 1. The van der Waals surface area contributed by atoms with Gasteiger partial charge in [-0.25, -0.2) is 4.39 Å². The first kappa shape index (κ1) is 18.2. The lowest BCUT2D eigenvalue weighted by Gasteiger charge is -2.18. The SMILES string of the molecule is CCOc1cc(=O)n2c(c1C(=O)Nc1ccc(F)cc1C)CCCCC2. The molecule has 0 aliphatic carbocycles. The van der Waals surface area contributed by atoms with Gasteiger partial charge in [0.1, 0.15) is 17.1 Å². The molecule has 6 heteroatoms. The largest absolute Gasteiger partial charge is 0.493 e. The Bertz CT molecular complexity index is 889. The van der Waals surface area contributed by atoms with Crippen LogP contribution in [0.2, 0.25) is 0 Å². The number of aromatic nitrogens is 1. The van der Waals surface area contributed by atoms with Crippen molar-refractivity contribution in [3.05, 3.63) is 57.3 Å². The van der Waals surface area contributed by atoms with E-state index in [0.717, 1.165) is 25.0 Å². The van der Waals surface area contributed by atoms with E-state index in [-0.39, 0.29) is 17.3 Å². The zero-order valence-corrected chi connectivity index (χ0v) is 15.1. The number of nitrogens with one attached hydrogen (secondary N) is 1. The van der Waals surface area contributed by atoms with Crippen LogP contribution in [0.5, 0.6) is 5.75 Å². The predicted octanol–water partition coefficient (Wildman–Crippen LogP) is 3.67. The Morgan fingerprint density at radius 3 is 2.81 bits per heavy atom. The van der Waals surface area contributed by atoms with Gasteiger partial charge in [-0.3, -0.25) is 9.59 Å². The molecule has 0 unspecified atom stereocenters. The molecule has 1 aromatic heterocycles. The summed E-state index contributed by atoms with van der Waals surface area (Å²) in [6.45, 7) is 4.52. The summed E-state index contributed by atoms with van der Waals surface area (Å²) in [6.07, 6.45) is 3.51. The number of pyridine rings is 1. The van der Waals surface area contributed by atoms with Crippen molar-refractivity contribution in [1.82, 2.24) is 4.57 Å². The number of hydrogen-bond donors (Lipinski definition) is 1. The Hall–Kier alpha value is -2.63. The maximum atomic E-state index is 13.3. The summed E-state index contributed by atoms with van der Waals surface area (Å²) >= 11 is 0. The first-order valence-electron chi connectivity index (χ1n) is 8.98. The molecular weight excluding hydrogens is 335 g/mol. The molecule has 0 atom stereocenters. The topological polar surface area (TPSA) is 60.3 Å². The molecule has 1 aliphatic rings. The number of carbonyl (C=O) groups excluding carboxylic acids is 1. The van der Waals surface area contributed by atoms with Crippen molar-refractivity contribution < 1.29 is 13.9 Å². The number of ether oxygens (including phenoxy) is 1. The highest BCUT2D eigenvalue weighted by molar-refractivity contribution is 6.07. The van der Waals surface area contributed by atoms with Crippen molar-refractivity contribution in [2.45, 2.75) is 46.1 Å². The summed E-state index contributed by atoms with van der Waals surface area (Å²) in [5, 5.41) is 2.84. The lowest BCUT2D eigenvalue weighted by molar-refractivity contribution is 0.102. The number of halogens is 1. The summed E-state index contributed by atoms with van der Waals surface area (Å²) < 4.78 is 20.6. The third kappa shape index (κ3) is 3.64. The van der Waals surface area contributed by atoms with Crippen molar-refractivity contribution in [2.24, 2.45) is 0 Å². The monoisotopic (exact) mass is 358 g/mol. The highest BCUT2D eigenvalue weighted by Gasteiger charge is 2.24. The fraction of sp³-hybridized carbons (Fsp3) is 0.400. The molecule has 5 nitrogen and oxygen atoms in total. The van der Waals surface area contributed by atoms with E-state index in [9.17, 15) is 14.0 Å². The Balaban J connectivity index is 2.06. The van der Waals surface area contributed by atoms with Crippen LogP contribution in [-0.2, 0) is 13.0 Å². The van der Waals surface area contributed by atoms with E-state index in [0.29, 0.717) is 42.1 Å². The summed E-state index contributed by atoms with van der Waals surface area (Å²) in [7, 11) is 0. The van der Waals surface area contributed by atoms with Gasteiger partial charge in [0.25, 0.3) is 11.5 Å². The van der Waals surface area contributed by atoms with E-state index in [2.05, 4.69) is 5.32 Å². The molecule has 0 radical (unpaired) electrons. The average molecular weight is 358 g/mol. The summed E-state index contributed by atoms with van der Waals surface area (Å²) in [5.74, 6) is -0.382. The Morgan fingerprint density at radius 1 is 1.27 bits per heavy atom. The van der Waals surface area contributed by atoms with Crippen LogP contribution in [0.1, 0.15) is 47.8 Å². The van der Waals surface area contributed by atoms with Crippen LogP contribution in [0.15, 0.2) is 29.1 Å². The molecule has 0 fully saturated rings. The first-order chi connectivity index (χ1) is 12.5. The van der Waals surface area contributed by atoms with Crippen LogP contribution < -0.4 is 15.6 Å². The van der Waals surface area contributed by atoms with Crippen molar-refractivity contribution in [2.75, 3.05) is 11.9 Å². The third-order valence-corrected chi connectivity index (χ3v) is 4.64. The minimum atomic E-state index is -0.351. The zero-order valence-electron chi connectivity index (χ0n) is 15.1. The van der Waals surface area contributed by atoms with Crippen LogP contribution in [0.25, 0.3) is 0 Å². The summed E-state index contributed by atoms with van der Waals surface area (Å²) in [6, 6.07) is 5.61. The molecule has 138 valence electrons. The maximum Gasteiger partial charge on any atom is 0.261 e. The number of benzene rings is 1. The number of fused-ring (bicyclic) bond motifs is 1. The van der Waals surface area contributed by atoms with Crippen LogP contribution in [0.3, 0.4) is 0 Å². The number of carbonyl (C=O) groups is 1. The van der Waals surface area contributed by atoms with Crippen LogP contribution in [0.4, 0.5) is 10.1 Å². The predicted molar refractivity (Wildman–Crippen MR) is 98.5 cm³/mol. The molecule has 26 heavy (non-hydrogen) atoms. The van der Waals surface area contributed by atoms with Crippen molar-refractivity contribution in [3.63, 3.8) is 0 Å². The first-order valence-corrected chi connectivity index (χ1v) is 8.98. The lowest BCUT2D eigenvalue weighted by Crippen LogP contribution is -2.28. The number of nitrogens with zero attached hydrogens (tertiary/aromatic N) is 1. The quantitative estimate of drug-likeness (QED) is 0.907. The second kappa shape index (κ2) is 7.72. The van der Waals surface area contributed by atoms with Gasteiger partial charge in [-0.1, -0.05) is 6.42 Å². The van der Waals surface area contributed by atoms with Gasteiger partial charge >= 0.3 is 0 Å². The van der Waals surface area contributed by atoms with Crippen LogP contribution in [0, 0.1) is 12.7 Å². The van der Waals surface area contributed by atoms with E-state index >= 15 is 0 Å². The van der Waals surface area contributed by atoms with E-state index in [1.807, 2.05) is 6.92 Å². The number of aryl methyl sites for hydroxylation is 1. The van der Waals surface area contributed by atoms with Crippen LogP contribution >= 0.6 is 0 Å². The van der Waals surface area contributed by atoms with Gasteiger partial charge in [0, 0.05) is 24.0 Å². The van der Waals surface area contributed by atoms with Crippen LogP contribution in [-0.4, -0.2) is 17.1 Å². The van der Waals surface area contributed by atoms with Gasteiger partial charge in [-0.05, 0) is 56.9 Å². The molecule has 1 aliphatic heterocycles. The van der Waals surface area contributed by atoms with Crippen molar-refractivity contribution in [1.29, 1.82) is 0 Å². The third-order valence-electron chi connectivity index (χ3n) is 4.64. The standard InChI is InChI=1S/C20H23FN2O3/c1-3-26-17-12-18(24)23-10-6-4-5-7-16(23)19(17)20(25)22-15-9-8-14(21)11-13(15)2/h8-9,11-12H,3-7,10H2,1-2H3,(H,22,25). The van der Waals surface area contributed by atoms with E-state index < -0.39 is 0 Å². The number of hydrogen-bond acceptors (Lipinski definition) is 3. The molecule has 0 spiro atoms. The Labute approximate surface area is 151 Å². The Kier molecular flexibility index (Phi) is 5.40. The van der Waals surface area contributed by atoms with E-state index in [1.54, 1.807) is 11.5 Å². The fourth-order valence-corrected chi connectivity index (χ4v) is 3.38. The van der Waals surface area contributed by atoms with Gasteiger partial charge in [0.05, 0.1) is 6.61 Å². The maximum absolute atomic E-state index is 13.3. The van der Waals surface area contributed by atoms with E-state index in [1.165, 1.54) is 24.3 Å². The molecule has 1 N–H and O–H groups in total. The molecule has 3 rings (SSSR count). The molecule has 1 aromatic carbocycles. The molecule has 2 heterocycles. The number of anilines is 1. The molecule has 2 aromatic rings. The molecular formula is C20H23FN2O3. The lowest BCUT2D eigenvalue weighted by atomic mass is 10.1. The summed E-state index contributed by atoms with van der Waals surface area (Å²) in [4.78, 5) is 25.5. The van der Waals surface area contributed by atoms with Gasteiger partial charge in [-0.15, -0.1) is 0 Å². The van der Waals surface area contributed by atoms with Gasteiger partial charge < -0.3 is 14.6 Å². The molecule has 1 amide bonds. The second-order valence-electron chi connectivity index (χ2n) is 6.48. The second-order valence-corrected chi connectivity index (χ2v) is 6.48. The molecule has 0 saturated carbocycles. The average Bonchev–Trinajstić information content (AvgIpc) is 2.84. The van der Waals surface area contributed by atoms with Crippen molar-refractivity contribution in [3.8, 4) is 5.75 Å². The van der Waals surface area contributed by atoms with Crippen molar-refractivity contribution >= 4 is 11.6 Å². The number of rotatable bonds is 4. The molecule has 0 saturated heterocycles. The Morgan fingerprint density at radius 2 is 2.08 bits per heavy atom. The normalized spacial score (nSPS) is 13.7. The zero-order chi connectivity index (χ0) is 18.7. The van der Waals surface area contributed by atoms with Gasteiger partial charge in [0.15, 0.2) is 0 Å². The highest BCUT2D eigenvalue weighted by atomic mass is 19.1. The highest BCUT2D eigenvalue weighted by Crippen LogP contribution is 2.27. The van der Waals surface area contributed by atoms with Gasteiger partial charge in [0.2, 0.25) is 0 Å². The minimum absolute atomic E-state index is 0.139. The smallest absolute Gasteiger partial charge is 0.261 e. The fourth-order valence-electron chi connectivity index (χ4n) is 3.38. The van der Waals surface area contributed by atoms with Gasteiger partial charge in [-0.2, -0.15) is 0 Å². The summed E-state index contributed by atoms with van der Waals surface area (Å²) in [5.41, 5.74) is 2.15. The molecule has 0 bridgehead atoms. The minimum Gasteiger partial charge on any atom is -0.493 e. The van der Waals surface area contributed by atoms with E-state index in [4.69, 9.17) is 4.74 Å².